The first-order valence-corrected chi connectivity index (χ1v) is 5.00. The monoisotopic (exact) mass is 233 g/mol. The Hall–Kier alpha value is -2.37. The molecule has 17 heavy (non-hydrogen) atoms. The maximum Gasteiger partial charge on any atom is 0.322 e. The maximum atomic E-state index is 11.8. The number of benzene rings is 1. The largest absolute Gasteiger partial charge is 0.480 e. The molecule has 0 aliphatic carbocycles. The van der Waals surface area contributed by atoms with Crippen molar-refractivity contribution in [3.05, 3.63) is 30.0 Å². The van der Waals surface area contributed by atoms with Crippen LogP contribution in [0.25, 0.3) is 10.9 Å². The van der Waals surface area contributed by atoms with Gasteiger partial charge in [-0.25, -0.2) is 0 Å². The number of aromatic nitrogens is 2. The number of aryl methyl sites for hydroxylation is 1. The second-order valence-corrected chi connectivity index (χ2v) is 3.58. The molecule has 1 heterocycles. The van der Waals surface area contributed by atoms with Gasteiger partial charge in [0.1, 0.15) is 6.54 Å². The van der Waals surface area contributed by atoms with Crippen LogP contribution in [-0.4, -0.2) is 33.3 Å². The molecule has 0 fully saturated rings. The van der Waals surface area contributed by atoms with E-state index in [0.29, 0.717) is 10.9 Å². The summed E-state index contributed by atoms with van der Waals surface area (Å²) in [5.41, 5.74) is 1.25. The molecule has 2 rings (SSSR count). The minimum absolute atomic E-state index is 0.393. The van der Waals surface area contributed by atoms with Crippen LogP contribution in [0.5, 0.6) is 0 Å². The zero-order valence-corrected chi connectivity index (χ0v) is 9.17. The maximum absolute atomic E-state index is 11.8. The van der Waals surface area contributed by atoms with E-state index in [1.165, 1.54) is 0 Å². The van der Waals surface area contributed by atoms with Crippen LogP contribution in [0.3, 0.4) is 0 Å². The number of carbonyl (C=O) groups excluding carboxylic acids is 1. The minimum Gasteiger partial charge on any atom is -0.480 e. The van der Waals surface area contributed by atoms with E-state index in [4.69, 9.17) is 5.11 Å². The van der Waals surface area contributed by atoms with Gasteiger partial charge < -0.3 is 10.4 Å². The van der Waals surface area contributed by atoms with E-state index in [1.807, 2.05) is 6.07 Å². The van der Waals surface area contributed by atoms with Crippen molar-refractivity contribution >= 4 is 22.8 Å². The highest BCUT2D eigenvalue weighted by Crippen LogP contribution is 2.17. The highest BCUT2D eigenvalue weighted by Gasteiger charge is 2.12. The number of nitrogens with one attached hydrogen (secondary N) is 1. The molecule has 0 aliphatic heterocycles. The van der Waals surface area contributed by atoms with Gasteiger partial charge in [-0.2, -0.15) is 5.10 Å². The van der Waals surface area contributed by atoms with E-state index in [-0.39, 0.29) is 0 Å². The second-order valence-electron chi connectivity index (χ2n) is 3.58. The van der Waals surface area contributed by atoms with Crippen molar-refractivity contribution in [1.29, 1.82) is 0 Å². The standard InChI is InChI=1S/C11H11N3O3/c1-14-9-4-2-3-7(8(9)5-13-14)11(17)12-6-10(15)16/h2-5H,6H2,1H3,(H,12,17)(H,15,16). The quantitative estimate of drug-likeness (QED) is 0.803. The zero-order valence-electron chi connectivity index (χ0n) is 9.17. The zero-order chi connectivity index (χ0) is 12.4. The molecule has 2 N–H and O–H groups in total. The predicted molar refractivity (Wildman–Crippen MR) is 60.7 cm³/mol. The lowest BCUT2D eigenvalue weighted by molar-refractivity contribution is -0.135. The molecule has 1 aromatic heterocycles. The van der Waals surface area contributed by atoms with Crippen LogP contribution in [0.4, 0.5) is 0 Å². The molecule has 2 aromatic rings. The first-order valence-electron chi connectivity index (χ1n) is 5.00. The summed E-state index contributed by atoms with van der Waals surface area (Å²) >= 11 is 0. The smallest absolute Gasteiger partial charge is 0.322 e. The van der Waals surface area contributed by atoms with E-state index >= 15 is 0 Å². The molecule has 0 saturated heterocycles. The molecular weight excluding hydrogens is 222 g/mol. The van der Waals surface area contributed by atoms with E-state index in [2.05, 4.69) is 10.4 Å². The Morgan fingerprint density at radius 2 is 2.24 bits per heavy atom. The number of fused-ring (bicyclic) bond motifs is 1. The topological polar surface area (TPSA) is 84.2 Å². The second kappa shape index (κ2) is 4.25. The summed E-state index contributed by atoms with van der Waals surface area (Å²) in [4.78, 5) is 22.1. The van der Waals surface area contributed by atoms with Gasteiger partial charge in [0, 0.05) is 12.4 Å². The predicted octanol–water partition coefficient (Wildman–Crippen LogP) is 0.388. The van der Waals surface area contributed by atoms with Gasteiger partial charge in [-0.3, -0.25) is 14.3 Å². The molecule has 0 saturated carbocycles. The van der Waals surface area contributed by atoms with Crippen molar-refractivity contribution in [2.75, 3.05) is 6.54 Å². The molecule has 0 atom stereocenters. The van der Waals surface area contributed by atoms with Crippen LogP contribution in [0.15, 0.2) is 24.4 Å². The fraction of sp³-hybridized carbons (Fsp3) is 0.182. The lowest BCUT2D eigenvalue weighted by Crippen LogP contribution is -2.29. The van der Waals surface area contributed by atoms with E-state index in [1.54, 1.807) is 30.1 Å². The van der Waals surface area contributed by atoms with Crippen molar-refractivity contribution in [3.8, 4) is 0 Å². The fourth-order valence-electron chi connectivity index (χ4n) is 1.63. The highest BCUT2D eigenvalue weighted by molar-refractivity contribution is 6.06. The van der Waals surface area contributed by atoms with Gasteiger partial charge in [-0.1, -0.05) is 6.07 Å². The lowest BCUT2D eigenvalue weighted by Gasteiger charge is -2.03. The van der Waals surface area contributed by atoms with Crippen LogP contribution in [0.2, 0.25) is 0 Å². The van der Waals surface area contributed by atoms with Crippen LogP contribution in [-0.2, 0) is 11.8 Å². The van der Waals surface area contributed by atoms with E-state index in [9.17, 15) is 9.59 Å². The van der Waals surface area contributed by atoms with Gasteiger partial charge in [0.15, 0.2) is 0 Å². The average Bonchev–Trinajstić information content (AvgIpc) is 2.68. The molecule has 0 radical (unpaired) electrons. The summed E-state index contributed by atoms with van der Waals surface area (Å²) in [5.74, 6) is -1.48. The van der Waals surface area contributed by atoms with Gasteiger partial charge >= 0.3 is 5.97 Å². The summed E-state index contributed by atoms with van der Waals surface area (Å²) < 4.78 is 1.66. The molecule has 0 unspecified atom stereocenters. The van der Waals surface area contributed by atoms with Crippen molar-refractivity contribution < 1.29 is 14.7 Å². The summed E-state index contributed by atoms with van der Waals surface area (Å²) in [7, 11) is 1.78. The Balaban J connectivity index is 2.35. The Morgan fingerprint density at radius 3 is 2.94 bits per heavy atom. The molecule has 88 valence electrons. The van der Waals surface area contributed by atoms with Gasteiger partial charge in [-0.05, 0) is 12.1 Å². The number of carboxylic acid groups (broad SMARTS) is 1. The Kier molecular flexibility index (Phi) is 2.78. The third-order valence-corrected chi connectivity index (χ3v) is 2.44. The van der Waals surface area contributed by atoms with Crippen LogP contribution >= 0.6 is 0 Å². The third-order valence-electron chi connectivity index (χ3n) is 2.44. The highest BCUT2D eigenvalue weighted by atomic mass is 16.4. The molecule has 0 spiro atoms. The molecule has 0 bridgehead atoms. The van der Waals surface area contributed by atoms with E-state index in [0.717, 1.165) is 5.52 Å². The number of aliphatic carboxylic acids is 1. The number of carboxylic acids is 1. The molecule has 0 aliphatic rings. The number of hydrogen-bond donors (Lipinski definition) is 2. The van der Waals surface area contributed by atoms with Gasteiger partial charge in [0.2, 0.25) is 0 Å². The Labute approximate surface area is 96.8 Å². The van der Waals surface area contributed by atoms with Crippen molar-refractivity contribution in [3.63, 3.8) is 0 Å². The van der Waals surface area contributed by atoms with Crippen molar-refractivity contribution in [2.45, 2.75) is 0 Å². The molecule has 1 aromatic carbocycles. The Morgan fingerprint density at radius 1 is 1.47 bits per heavy atom. The lowest BCUT2D eigenvalue weighted by atomic mass is 10.1. The first-order chi connectivity index (χ1) is 8.09. The van der Waals surface area contributed by atoms with Gasteiger partial charge in [0.05, 0.1) is 17.3 Å². The number of hydrogen-bond acceptors (Lipinski definition) is 3. The minimum atomic E-state index is -1.07. The summed E-state index contributed by atoms with van der Waals surface area (Å²) in [6, 6.07) is 5.22. The summed E-state index contributed by atoms with van der Waals surface area (Å²) in [6.07, 6.45) is 1.59. The summed E-state index contributed by atoms with van der Waals surface area (Å²) in [6.45, 7) is -0.393. The molecule has 6 heteroatoms. The van der Waals surface area contributed by atoms with Gasteiger partial charge in [-0.15, -0.1) is 0 Å². The number of nitrogens with zero attached hydrogens (tertiary/aromatic N) is 2. The molecule has 1 amide bonds. The molecule has 6 nitrogen and oxygen atoms in total. The first kappa shape index (κ1) is 11.1. The number of carbonyl (C=O) groups is 2. The molecular formula is C11H11N3O3. The Bertz CT molecular complexity index is 589. The fourth-order valence-corrected chi connectivity index (χ4v) is 1.63. The van der Waals surface area contributed by atoms with Crippen LogP contribution in [0, 0.1) is 0 Å². The average molecular weight is 233 g/mol. The third kappa shape index (κ3) is 2.10. The number of rotatable bonds is 3. The van der Waals surface area contributed by atoms with Crippen LogP contribution in [0.1, 0.15) is 10.4 Å². The van der Waals surface area contributed by atoms with Crippen LogP contribution < -0.4 is 5.32 Å². The van der Waals surface area contributed by atoms with Gasteiger partial charge in [0.25, 0.3) is 5.91 Å². The SMILES string of the molecule is Cn1ncc2c(C(=O)NCC(=O)O)cccc21. The summed E-state index contributed by atoms with van der Waals surface area (Å²) in [5, 5.41) is 15.6. The van der Waals surface area contributed by atoms with Crippen molar-refractivity contribution in [1.82, 2.24) is 15.1 Å². The normalized spacial score (nSPS) is 10.4. The number of amides is 1. The van der Waals surface area contributed by atoms with E-state index < -0.39 is 18.4 Å². The van der Waals surface area contributed by atoms with Crippen molar-refractivity contribution in [2.24, 2.45) is 7.05 Å².